The lowest BCUT2D eigenvalue weighted by molar-refractivity contribution is 0.0339. The predicted molar refractivity (Wildman–Crippen MR) is 91.0 cm³/mol. The van der Waals surface area contributed by atoms with E-state index in [-0.39, 0.29) is 0 Å². The van der Waals surface area contributed by atoms with E-state index in [4.69, 9.17) is 4.74 Å². The van der Waals surface area contributed by atoms with Crippen molar-refractivity contribution in [1.29, 1.82) is 0 Å². The average molecular weight is 309 g/mol. The number of para-hydroxylation sites is 1. The molecule has 0 aliphatic rings. The third-order valence-electron chi connectivity index (χ3n) is 3.73. The number of nitrogens with zero attached hydrogens (tertiary/aromatic N) is 3. The fourth-order valence-electron chi connectivity index (χ4n) is 2.43. The van der Waals surface area contributed by atoms with Gasteiger partial charge >= 0.3 is 0 Å². The highest BCUT2D eigenvalue weighted by atomic mass is 16.5. The van der Waals surface area contributed by atoms with Crippen molar-refractivity contribution in [2.45, 2.75) is 19.1 Å². The van der Waals surface area contributed by atoms with Crippen LogP contribution in [0.1, 0.15) is 13.3 Å². The Bertz CT molecular complexity index is 795. The summed E-state index contributed by atoms with van der Waals surface area (Å²) in [7, 11) is 1.68. The smallest absolute Gasteiger partial charge is 0.181 e. The number of H-pyrrole nitrogens is 1. The molecule has 0 amide bonds. The first kappa shape index (κ1) is 15.2. The van der Waals surface area contributed by atoms with Gasteiger partial charge in [0.2, 0.25) is 0 Å². The van der Waals surface area contributed by atoms with Crippen molar-refractivity contribution < 1.29 is 4.74 Å². The number of hydrogen-bond donors (Lipinski definition) is 2. The van der Waals surface area contributed by atoms with E-state index < -0.39 is 5.72 Å². The minimum Gasteiger partial charge on any atom is -0.359 e. The van der Waals surface area contributed by atoms with Crippen LogP contribution in [0.15, 0.2) is 49.4 Å². The molecule has 0 aliphatic carbocycles. The lowest BCUT2D eigenvalue weighted by Gasteiger charge is -2.30. The number of aromatic amines is 1. The van der Waals surface area contributed by atoms with Gasteiger partial charge in [-0.3, -0.25) is 0 Å². The van der Waals surface area contributed by atoms with Crippen molar-refractivity contribution in [2.24, 2.45) is 0 Å². The zero-order valence-electron chi connectivity index (χ0n) is 13.2. The summed E-state index contributed by atoms with van der Waals surface area (Å²) in [5.74, 6) is 0.737. The summed E-state index contributed by atoms with van der Waals surface area (Å²) in [5.41, 5.74) is 2.77. The molecule has 0 bridgehead atoms. The lowest BCUT2D eigenvalue weighted by Crippen LogP contribution is -2.36. The van der Waals surface area contributed by atoms with Crippen molar-refractivity contribution in [3.05, 3.63) is 49.4 Å². The van der Waals surface area contributed by atoms with Crippen molar-refractivity contribution in [3.8, 4) is 11.4 Å². The van der Waals surface area contributed by atoms with Gasteiger partial charge in [0.25, 0.3) is 0 Å². The highest BCUT2D eigenvalue weighted by Crippen LogP contribution is 2.30. The maximum atomic E-state index is 5.60. The standard InChI is InChI=1S/C17H19N5O/c1-4-9-17(2,23-3)22-13-8-6-5-7-12(13)15-20-14-10-18-11-19-16(14)21-15/h4-8,10-11,22H,1,9H2,2-3H3,(H,18,19,20,21). The molecular weight excluding hydrogens is 290 g/mol. The van der Waals surface area contributed by atoms with E-state index in [1.165, 1.54) is 6.33 Å². The van der Waals surface area contributed by atoms with Gasteiger partial charge in [0.15, 0.2) is 5.65 Å². The van der Waals surface area contributed by atoms with Gasteiger partial charge in [0.05, 0.1) is 6.20 Å². The van der Waals surface area contributed by atoms with E-state index in [2.05, 4.69) is 31.8 Å². The number of nitrogens with one attached hydrogen (secondary N) is 2. The Balaban J connectivity index is 2.02. The second kappa shape index (κ2) is 6.18. The number of anilines is 1. The number of benzene rings is 1. The van der Waals surface area contributed by atoms with Crippen LogP contribution in [0.5, 0.6) is 0 Å². The van der Waals surface area contributed by atoms with E-state index in [1.54, 1.807) is 13.3 Å². The second-order valence-corrected chi connectivity index (χ2v) is 5.44. The molecule has 2 heterocycles. The van der Waals surface area contributed by atoms with Gasteiger partial charge in [-0.05, 0) is 19.1 Å². The third-order valence-corrected chi connectivity index (χ3v) is 3.73. The van der Waals surface area contributed by atoms with Crippen LogP contribution in [0.4, 0.5) is 5.69 Å². The molecule has 0 saturated carbocycles. The van der Waals surface area contributed by atoms with E-state index >= 15 is 0 Å². The highest BCUT2D eigenvalue weighted by molar-refractivity contribution is 5.80. The van der Waals surface area contributed by atoms with Crippen LogP contribution < -0.4 is 5.32 Å². The molecule has 0 radical (unpaired) electrons. The summed E-state index contributed by atoms with van der Waals surface area (Å²) in [6.45, 7) is 5.77. The van der Waals surface area contributed by atoms with Gasteiger partial charge in [-0.1, -0.05) is 18.2 Å². The molecule has 0 fully saturated rings. The first-order valence-electron chi connectivity index (χ1n) is 7.34. The fraction of sp³-hybridized carbons (Fsp3) is 0.235. The Morgan fingerprint density at radius 2 is 2.22 bits per heavy atom. The minimum atomic E-state index is -0.538. The van der Waals surface area contributed by atoms with Gasteiger partial charge in [-0.25, -0.2) is 15.0 Å². The topological polar surface area (TPSA) is 75.7 Å². The van der Waals surface area contributed by atoms with Crippen LogP contribution in [-0.4, -0.2) is 32.8 Å². The van der Waals surface area contributed by atoms with E-state index in [0.717, 1.165) is 22.6 Å². The van der Waals surface area contributed by atoms with E-state index in [9.17, 15) is 0 Å². The van der Waals surface area contributed by atoms with Crippen molar-refractivity contribution in [2.75, 3.05) is 12.4 Å². The van der Waals surface area contributed by atoms with Crippen LogP contribution in [0.3, 0.4) is 0 Å². The minimum absolute atomic E-state index is 0.538. The Morgan fingerprint density at radius 3 is 2.96 bits per heavy atom. The molecule has 1 aromatic carbocycles. The summed E-state index contributed by atoms with van der Waals surface area (Å²) in [6, 6.07) is 7.93. The predicted octanol–water partition coefficient (Wildman–Crippen LogP) is 3.37. The van der Waals surface area contributed by atoms with E-state index in [1.807, 2.05) is 37.3 Å². The van der Waals surface area contributed by atoms with Crippen LogP contribution in [-0.2, 0) is 4.74 Å². The maximum Gasteiger partial charge on any atom is 0.181 e. The third kappa shape index (κ3) is 3.07. The largest absolute Gasteiger partial charge is 0.359 e. The Labute approximate surface area is 134 Å². The van der Waals surface area contributed by atoms with Crippen LogP contribution >= 0.6 is 0 Å². The molecule has 0 aliphatic heterocycles. The number of hydrogen-bond acceptors (Lipinski definition) is 5. The normalized spacial score (nSPS) is 13.7. The number of methoxy groups -OCH3 is 1. The first-order valence-corrected chi connectivity index (χ1v) is 7.34. The summed E-state index contributed by atoms with van der Waals surface area (Å²) in [4.78, 5) is 16.0. The van der Waals surface area contributed by atoms with Crippen molar-refractivity contribution >= 4 is 16.9 Å². The van der Waals surface area contributed by atoms with Crippen molar-refractivity contribution in [3.63, 3.8) is 0 Å². The summed E-state index contributed by atoms with van der Waals surface area (Å²) in [6.07, 6.45) is 5.70. The molecule has 6 nitrogen and oxygen atoms in total. The van der Waals surface area contributed by atoms with Gasteiger partial charge in [0, 0.05) is 24.8 Å². The molecule has 2 aromatic heterocycles. The van der Waals surface area contributed by atoms with E-state index in [0.29, 0.717) is 12.1 Å². The highest BCUT2D eigenvalue weighted by Gasteiger charge is 2.23. The molecule has 1 unspecified atom stereocenters. The molecule has 1 atom stereocenters. The summed E-state index contributed by atoms with van der Waals surface area (Å²) < 4.78 is 5.60. The van der Waals surface area contributed by atoms with Gasteiger partial charge in [0.1, 0.15) is 23.4 Å². The number of aromatic nitrogens is 4. The Kier molecular flexibility index (Phi) is 4.08. The van der Waals surface area contributed by atoms with Gasteiger partial charge < -0.3 is 15.0 Å². The molecule has 2 N–H and O–H groups in total. The zero-order chi connectivity index (χ0) is 16.3. The van der Waals surface area contributed by atoms with Gasteiger partial charge in [-0.2, -0.15) is 0 Å². The zero-order valence-corrected chi connectivity index (χ0v) is 13.2. The average Bonchev–Trinajstić information content (AvgIpc) is 2.99. The first-order chi connectivity index (χ1) is 11.1. The number of ether oxygens (including phenoxy) is 1. The molecular formula is C17H19N5O. The SMILES string of the molecule is C=CCC(C)(Nc1ccccc1-c1nc2ncncc2[nH]1)OC. The van der Waals surface area contributed by atoms with Crippen LogP contribution in [0.25, 0.3) is 22.6 Å². The molecule has 23 heavy (non-hydrogen) atoms. The number of fused-ring (bicyclic) bond motifs is 1. The van der Waals surface area contributed by atoms with Crippen LogP contribution in [0, 0.1) is 0 Å². The molecule has 118 valence electrons. The van der Waals surface area contributed by atoms with Gasteiger partial charge in [-0.15, -0.1) is 6.58 Å². The number of rotatable bonds is 6. The summed E-state index contributed by atoms with van der Waals surface area (Å²) in [5, 5.41) is 3.43. The lowest BCUT2D eigenvalue weighted by atomic mass is 10.1. The van der Waals surface area contributed by atoms with Crippen LogP contribution in [0.2, 0.25) is 0 Å². The molecule has 3 aromatic rings. The fourth-order valence-corrected chi connectivity index (χ4v) is 2.43. The Hall–Kier alpha value is -2.73. The summed E-state index contributed by atoms with van der Waals surface area (Å²) >= 11 is 0. The molecule has 3 rings (SSSR count). The maximum absolute atomic E-state index is 5.60. The monoisotopic (exact) mass is 309 g/mol. The quantitative estimate of drug-likeness (QED) is 0.539. The Morgan fingerprint density at radius 1 is 1.39 bits per heavy atom. The molecule has 0 spiro atoms. The molecule has 6 heteroatoms. The molecule has 0 saturated heterocycles. The number of imidazole rings is 1. The second-order valence-electron chi connectivity index (χ2n) is 5.44. The van der Waals surface area contributed by atoms with Crippen molar-refractivity contribution in [1.82, 2.24) is 19.9 Å².